The van der Waals surface area contributed by atoms with Crippen LogP contribution in [0.4, 0.5) is 0 Å². The Morgan fingerprint density at radius 2 is 1.90 bits per heavy atom. The summed E-state index contributed by atoms with van der Waals surface area (Å²) in [6, 6.07) is 4.78. The predicted octanol–water partition coefficient (Wildman–Crippen LogP) is 4.00. The molecule has 0 spiro atoms. The summed E-state index contributed by atoms with van der Waals surface area (Å²) < 4.78 is 1.49. The van der Waals surface area contributed by atoms with Gasteiger partial charge in [-0.3, -0.25) is 9.59 Å². The Bertz CT molecular complexity index is 839. The first-order chi connectivity index (χ1) is 14.5. The van der Waals surface area contributed by atoms with Crippen molar-refractivity contribution in [2.75, 3.05) is 13.6 Å². The molecule has 2 amide bonds. The van der Waals surface area contributed by atoms with E-state index in [-0.39, 0.29) is 25.2 Å². The van der Waals surface area contributed by atoms with Gasteiger partial charge in [-0.25, -0.2) is 0 Å². The summed E-state index contributed by atoms with van der Waals surface area (Å²) in [4.78, 5) is 26.3. The molecule has 8 nitrogen and oxygen atoms in total. The quantitative estimate of drug-likeness (QED) is 0.710. The fourth-order valence-electron chi connectivity index (χ4n) is 3.10. The van der Waals surface area contributed by atoms with Gasteiger partial charge >= 0.3 is 0 Å². The van der Waals surface area contributed by atoms with Gasteiger partial charge in [0.05, 0.1) is 5.69 Å². The highest BCUT2D eigenvalue weighted by atomic mass is 35.5. The van der Waals surface area contributed by atoms with Gasteiger partial charge in [-0.15, -0.1) is 5.10 Å². The van der Waals surface area contributed by atoms with Crippen LogP contribution in [0.1, 0.15) is 54.0 Å². The molecule has 1 aliphatic heterocycles. The predicted molar refractivity (Wildman–Crippen MR) is 126 cm³/mol. The lowest BCUT2D eigenvalue weighted by Crippen LogP contribution is -2.44. The van der Waals surface area contributed by atoms with Gasteiger partial charge in [0.15, 0.2) is 0 Å². The maximum Gasteiger partial charge on any atom is 0.247 e. The van der Waals surface area contributed by atoms with Gasteiger partial charge in [0, 0.05) is 30.3 Å². The topological polar surface area (TPSA) is 93.0 Å². The van der Waals surface area contributed by atoms with E-state index in [1.165, 1.54) is 17.1 Å². The Hall–Kier alpha value is -2.74. The number of tetrazole rings is 1. The Morgan fingerprint density at radius 3 is 2.48 bits per heavy atom. The van der Waals surface area contributed by atoms with E-state index in [0.29, 0.717) is 29.2 Å². The zero-order chi connectivity index (χ0) is 22.7. The molecule has 9 heteroatoms. The van der Waals surface area contributed by atoms with E-state index in [1.54, 1.807) is 36.2 Å². The van der Waals surface area contributed by atoms with Crippen molar-refractivity contribution in [1.82, 2.24) is 30.4 Å². The lowest BCUT2D eigenvalue weighted by molar-refractivity contribution is -0.134. The van der Waals surface area contributed by atoms with Gasteiger partial charge in [-0.05, 0) is 47.0 Å². The summed E-state index contributed by atoms with van der Waals surface area (Å²) in [6.45, 7) is 10.6. The van der Waals surface area contributed by atoms with Crippen molar-refractivity contribution >= 4 is 29.5 Å². The molecule has 172 valence electrons. The molecule has 2 unspecified atom stereocenters. The molecule has 1 N–H and O–H groups in total. The number of likely N-dealkylation sites (tertiary alicyclic amines) is 1. The number of halogens is 1. The lowest BCUT2D eigenvalue weighted by atomic mass is 10.1. The van der Waals surface area contributed by atoms with E-state index in [2.05, 4.69) is 20.8 Å². The van der Waals surface area contributed by atoms with E-state index >= 15 is 0 Å². The molecule has 0 bridgehead atoms. The van der Waals surface area contributed by atoms with Crippen LogP contribution in [0.2, 0.25) is 5.02 Å². The maximum atomic E-state index is 12.7. The Balaban J connectivity index is 0.00000170. The first-order valence-electron chi connectivity index (χ1n) is 10.2. The van der Waals surface area contributed by atoms with E-state index < -0.39 is 6.04 Å². The standard InChI is InChI=1S/C17H19ClN6O2.2C2H6.CH4/c1-11-7-15(17(26)19-2)23(9-11)16(25)6-3-12-8-13(18)4-5-14(12)24-10-20-21-22-24;2*1-2;/h3-6,8,10-11,15H,7,9H2,1-2H3,(H,19,26);2*1-2H3;1H4/b6-3+;;;. The van der Waals surface area contributed by atoms with Crippen LogP contribution in [0.5, 0.6) is 0 Å². The highest BCUT2D eigenvalue weighted by Crippen LogP contribution is 2.24. The molecule has 2 heterocycles. The van der Waals surface area contributed by atoms with Crippen molar-refractivity contribution < 1.29 is 9.59 Å². The number of hydrogen-bond acceptors (Lipinski definition) is 5. The van der Waals surface area contributed by atoms with Crippen LogP contribution in [0.25, 0.3) is 11.8 Å². The van der Waals surface area contributed by atoms with Crippen LogP contribution < -0.4 is 5.32 Å². The molecule has 1 aromatic carbocycles. The maximum absolute atomic E-state index is 12.7. The number of carbonyl (C=O) groups excluding carboxylic acids is 2. The number of aromatic nitrogens is 4. The fourth-order valence-corrected chi connectivity index (χ4v) is 3.28. The number of hydrogen-bond donors (Lipinski definition) is 1. The van der Waals surface area contributed by atoms with E-state index in [0.717, 1.165) is 0 Å². The normalized spacial score (nSPS) is 17.1. The average Bonchev–Trinajstić information content (AvgIpc) is 3.44. The Morgan fingerprint density at radius 1 is 1.23 bits per heavy atom. The van der Waals surface area contributed by atoms with Crippen LogP contribution in [0.15, 0.2) is 30.6 Å². The smallest absolute Gasteiger partial charge is 0.247 e. The van der Waals surface area contributed by atoms with Crippen LogP contribution >= 0.6 is 11.6 Å². The van der Waals surface area contributed by atoms with Gasteiger partial charge in [-0.2, -0.15) is 4.68 Å². The summed E-state index contributed by atoms with van der Waals surface area (Å²) in [5.74, 6) is -0.0866. The first kappa shape index (κ1) is 28.3. The number of likely N-dealkylation sites (N-methyl/N-ethyl adjacent to an activating group) is 1. The zero-order valence-corrected chi connectivity index (χ0v) is 19.2. The highest BCUT2D eigenvalue weighted by Gasteiger charge is 2.36. The van der Waals surface area contributed by atoms with Gasteiger partial charge in [-0.1, -0.05) is 53.6 Å². The van der Waals surface area contributed by atoms with Crippen molar-refractivity contribution in [1.29, 1.82) is 0 Å². The molecule has 0 saturated carbocycles. The summed E-state index contributed by atoms with van der Waals surface area (Å²) in [5, 5.41) is 14.3. The van der Waals surface area contributed by atoms with Gasteiger partial charge in [0.2, 0.25) is 11.8 Å². The number of carbonyl (C=O) groups is 2. The second kappa shape index (κ2) is 14.3. The van der Waals surface area contributed by atoms with Crippen molar-refractivity contribution in [2.45, 2.75) is 54.5 Å². The monoisotopic (exact) mass is 450 g/mol. The summed E-state index contributed by atoms with van der Waals surface area (Å²) in [7, 11) is 1.58. The van der Waals surface area contributed by atoms with Crippen molar-refractivity contribution in [3.63, 3.8) is 0 Å². The van der Waals surface area contributed by atoms with Crippen molar-refractivity contribution in [3.05, 3.63) is 41.2 Å². The lowest BCUT2D eigenvalue weighted by Gasteiger charge is -2.21. The largest absolute Gasteiger partial charge is 0.357 e. The third kappa shape index (κ3) is 7.47. The SMILES string of the molecule is C.CC.CC.CNC(=O)C1CC(C)CN1C(=O)/C=C/c1cc(Cl)ccc1-n1cnnn1. The minimum Gasteiger partial charge on any atom is -0.357 e. The minimum absolute atomic E-state index is 0. The fraction of sp³-hybridized carbons (Fsp3) is 0.500. The molecule has 0 radical (unpaired) electrons. The second-order valence-electron chi connectivity index (χ2n) is 6.25. The van der Waals surface area contributed by atoms with Crippen LogP contribution in [0.3, 0.4) is 0 Å². The number of rotatable bonds is 4. The van der Waals surface area contributed by atoms with Gasteiger partial charge in [0.1, 0.15) is 12.4 Å². The molecule has 1 fully saturated rings. The Kier molecular flexibility index (Phi) is 13.0. The molecule has 3 rings (SSSR count). The average molecular weight is 451 g/mol. The molecule has 1 aromatic heterocycles. The summed E-state index contributed by atoms with van der Waals surface area (Å²) in [5.41, 5.74) is 1.39. The summed E-state index contributed by atoms with van der Waals surface area (Å²) in [6.07, 6.45) is 5.24. The minimum atomic E-state index is -0.439. The molecular formula is C22H35ClN6O2. The number of nitrogens with one attached hydrogen (secondary N) is 1. The Labute approximate surface area is 190 Å². The van der Waals surface area contributed by atoms with Gasteiger partial charge < -0.3 is 10.2 Å². The molecule has 2 atom stereocenters. The van der Waals surface area contributed by atoms with Crippen LogP contribution in [-0.2, 0) is 9.59 Å². The molecule has 2 aromatic rings. The second-order valence-corrected chi connectivity index (χ2v) is 6.69. The number of benzene rings is 1. The van der Waals surface area contributed by atoms with Crippen LogP contribution in [0, 0.1) is 5.92 Å². The van der Waals surface area contributed by atoms with E-state index in [9.17, 15) is 9.59 Å². The van der Waals surface area contributed by atoms with Crippen molar-refractivity contribution in [2.24, 2.45) is 5.92 Å². The molecule has 31 heavy (non-hydrogen) atoms. The van der Waals surface area contributed by atoms with Gasteiger partial charge in [0.25, 0.3) is 0 Å². The van der Waals surface area contributed by atoms with Crippen LogP contribution in [-0.4, -0.2) is 56.6 Å². The van der Waals surface area contributed by atoms with E-state index in [4.69, 9.17) is 11.6 Å². The number of amides is 2. The highest BCUT2D eigenvalue weighted by molar-refractivity contribution is 6.30. The summed E-state index contributed by atoms with van der Waals surface area (Å²) >= 11 is 6.08. The zero-order valence-electron chi connectivity index (χ0n) is 18.5. The first-order valence-corrected chi connectivity index (χ1v) is 10.6. The molecule has 0 aliphatic carbocycles. The molecule has 1 aliphatic rings. The van der Waals surface area contributed by atoms with E-state index in [1.807, 2.05) is 34.6 Å². The third-order valence-corrected chi connectivity index (χ3v) is 4.57. The number of nitrogens with zero attached hydrogens (tertiary/aromatic N) is 5. The third-order valence-electron chi connectivity index (χ3n) is 4.33. The van der Waals surface area contributed by atoms with Crippen molar-refractivity contribution in [3.8, 4) is 5.69 Å². The molecule has 1 saturated heterocycles. The molecular weight excluding hydrogens is 416 g/mol.